The monoisotopic (exact) mass is 509 g/mol. The molecule has 5 amide bonds. The Kier molecular flexibility index (Phi) is 10.7. The lowest BCUT2D eigenvalue weighted by atomic mass is 10.0. The number of amides is 5. The van der Waals surface area contributed by atoms with Crippen molar-refractivity contribution >= 4 is 54.8 Å². The molecule has 1 heterocycles. The highest BCUT2D eigenvalue weighted by Crippen LogP contribution is 2.19. The number of hydrogen-bond donors (Lipinski definition) is 6. The van der Waals surface area contributed by atoms with Crippen molar-refractivity contribution in [1.82, 2.24) is 20.9 Å². The van der Waals surface area contributed by atoms with Crippen LogP contribution in [0.5, 0.6) is 0 Å². The Bertz CT molecular complexity index is 901. The molecule has 4 unspecified atom stereocenters. The molecule has 0 bridgehead atoms. The van der Waals surface area contributed by atoms with E-state index >= 15 is 0 Å². The maximum atomic E-state index is 13.2. The van der Waals surface area contributed by atoms with Gasteiger partial charge in [0.25, 0.3) is 0 Å². The second-order valence-corrected chi connectivity index (χ2v) is 8.75. The summed E-state index contributed by atoms with van der Waals surface area (Å²) in [5.74, 6) is -2.51. The fourth-order valence-electron chi connectivity index (χ4n) is 3.74. The van der Waals surface area contributed by atoms with Crippen LogP contribution in [-0.4, -0.2) is 76.7 Å². The number of nitrogens with one attached hydrogen (secondary N) is 3. The Morgan fingerprint density at radius 2 is 1.65 bits per heavy atom. The lowest BCUT2D eigenvalue weighted by molar-refractivity contribution is -0.141. The molecular formula is C22H31N5O5S2. The number of carbonyl (C=O) groups excluding carboxylic acids is 5. The summed E-state index contributed by atoms with van der Waals surface area (Å²) in [5.41, 5.74) is 6.10. The van der Waals surface area contributed by atoms with Crippen molar-refractivity contribution in [2.24, 2.45) is 5.73 Å². The molecule has 0 spiro atoms. The van der Waals surface area contributed by atoms with Crippen molar-refractivity contribution in [2.75, 3.05) is 18.1 Å². The SMILES string of the molecule is CC(=O)NC(CS)C(=O)N1CCCC1C(=O)NC(Cc1ccccc1)C(=O)NC(CS)C(N)=O. The van der Waals surface area contributed by atoms with Crippen LogP contribution in [0.15, 0.2) is 30.3 Å². The zero-order chi connectivity index (χ0) is 25.3. The predicted molar refractivity (Wildman–Crippen MR) is 133 cm³/mol. The standard InChI is InChI=1S/C22H31N5O5S2/c1-13(28)24-17(12-34)22(32)27-9-5-8-18(27)21(31)25-15(10-14-6-3-2-4-7-14)20(30)26-16(11-33)19(23)29/h2-4,6-7,15-18,33-34H,5,8-12H2,1H3,(H2,23,29)(H,24,28)(H,25,31)(H,26,30). The first-order valence-corrected chi connectivity index (χ1v) is 12.2. The molecule has 0 radical (unpaired) electrons. The van der Waals surface area contributed by atoms with Crippen LogP contribution in [-0.2, 0) is 30.4 Å². The van der Waals surface area contributed by atoms with Gasteiger partial charge in [0, 0.05) is 31.4 Å². The molecule has 5 N–H and O–H groups in total. The fraction of sp³-hybridized carbons (Fsp3) is 0.500. The summed E-state index contributed by atoms with van der Waals surface area (Å²) in [6.45, 7) is 1.65. The van der Waals surface area contributed by atoms with Crippen LogP contribution in [0.1, 0.15) is 25.3 Å². The zero-order valence-electron chi connectivity index (χ0n) is 18.9. The Morgan fingerprint density at radius 1 is 1.00 bits per heavy atom. The number of nitrogens with zero attached hydrogens (tertiary/aromatic N) is 1. The Morgan fingerprint density at radius 3 is 2.21 bits per heavy atom. The highest BCUT2D eigenvalue weighted by Gasteiger charge is 2.38. The third-order valence-corrected chi connectivity index (χ3v) is 6.19. The average Bonchev–Trinajstić information content (AvgIpc) is 3.30. The maximum absolute atomic E-state index is 13.2. The van der Waals surface area contributed by atoms with Crippen LogP contribution in [0.25, 0.3) is 0 Å². The minimum absolute atomic E-state index is 0.00620. The van der Waals surface area contributed by atoms with Gasteiger partial charge in [-0.05, 0) is 18.4 Å². The molecular weight excluding hydrogens is 478 g/mol. The van der Waals surface area contributed by atoms with E-state index in [2.05, 4.69) is 41.2 Å². The van der Waals surface area contributed by atoms with E-state index in [0.29, 0.717) is 19.4 Å². The van der Waals surface area contributed by atoms with Gasteiger partial charge in [-0.3, -0.25) is 24.0 Å². The van der Waals surface area contributed by atoms with Gasteiger partial charge in [-0.1, -0.05) is 30.3 Å². The Labute approximate surface area is 209 Å². The van der Waals surface area contributed by atoms with Gasteiger partial charge in [-0.2, -0.15) is 25.3 Å². The van der Waals surface area contributed by atoms with Crippen molar-refractivity contribution < 1.29 is 24.0 Å². The molecule has 0 saturated carbocycles. The zero-order valence-corrected chi connectivity index (χ0v) is 20.7. The molecule has 1 aliphatic heterocycles. The molecule has 0 aliphatic carbocycles. The van der Waals surface area contributed by atoms with Gasteiger partial charge in [0.1, 0.15) is 24.2 Å². The van der Waals surface area contributed by atoms with Crippen molar-refractivity contribution in [3.05, 3.63) is 35.9 Å². The first-order valence-electron chi connectivity index (χ1n) is 10.9. The average molecular weight is 510 g/mol. The molecule has 1 aliphatic rings. The van der Waals surface area contributed by atoms with E-state index in [1.165, 1.54) is 11.8 Å². The number of thiol groups is 2. The van der Waals surface area contributed by atoms with Gasteiger partial charge >= 0.3 is 0 Å². The van der Waals surface area contributed by atoms with Crippen molar-refractivity contribution in [3.63, 3.8) is 0 Å². The van der Waals surface area contributed by atoms with Crippen LogP contribution in [0, 0.1) is 0 Å². The Hall–Kier alpha value is -2.73. The van der Waals surface area contributed by atoms with Gasteiger partial charge in [0.05, 0.1) is 0 Å². The largest absolute Gasteiger partial charge is 0.368 e. The van der Waals surface area contributed by atoms with Gasteiger partial charge in [-0.15, -0.1) is 0 Å². The molecule has 34 heavy (non-hydrogen) atoms. The molecule has 2 rings (SSSR count). The molecule has 12 heteroatoms. The number of hydrogen-bond acceptors (Lipinski definition) is 7. The number of benzene rings is 1. The van der Waals surface area contributed by atoms with Crippen LogP contribution >= 0.6 is 25.3 Å². The number of primary amides is 1. The molecule has 186 valence electrons. The first kappa shape index (κ1) is 27.5. The first-order chi connectivity index (χ1) is 16.2. The fourth-order valence-corrected chi connectivity index (χ4v) is 4.26. The van der Waals surface area contributed by atoms with E-state index in [-0.39, 0.29) is 23.8 Å². The summed E-state index contributed by atoms with van der Waals surface area (Å²) in [6.07, 6.45) is 1.18. The molecule has 1 saturated heterocycles. The lowest BCUT2D eigenvalue weighted by Crippen LogP contribution is -2.58. The summed E-state index contributed by atoms with van der Waals surface area (Å²) in [6, 6.07) is 5.41. The third kappa shape index (κ3) is 7.66. The summed E-state index contributed by atoms with van der Waals surface area (Å²) < 4.78 is 0. The van der Waals surface area contributed by atoms with E-state index in [4.69, 9.17) is 5.73 Å². The van der Waals surface area contributed by atoms with Crippen molar-refractivity contribution in [3.8, 4) is 0 Å². The van der Waals surface area contributed by atoms with Crippen LogP contribution in [0.4, 0.5) is 0 Å². The second kappa shape index (κ2) is 13.2. The summed E-state index contributed by atoms with van der Waals surface area (Å²) in [7, 11) is 0. The van der Waals surface area contributed by atoms with E-state index in [1.54, 1.807) is 0 Å². The minimum atomic E-state index is -1.01. The van der Waals surface area contributed by atoms with Crippen molar-refractivity contribution in [1.29, 1.82) is 0 Å². The van der Waals surface area contributed by atoms with Gasteiger partial charge in [0.2, 0.25) is 29.5 Å². The number of carbonyl (C=O) groups is 5. The van der Waals surface area contributed by atoms with E-state index in [0.717, 1.165) is 5.56 Å². The normalized spacial score (nSPS) is 17.9. The van der Waals surface area contributed by atoms with Crippen LogP contribution < -0.4 is 21.7 Å². The number of likely N-dealkylation sites (tertiary alicyclic amines) is 1. The van der Waals surface area contributed by atoms with E-state index in [9.17, 15) is 24.0 Å². The predicted octanol–water partition coefficient (Wildman–Crippen LogP) is -0.961. The smallest absolute Gasteiger partial charge is 0.246 e. The summed E-state index contributed by atoms with van der Waals surface area (Å²) in [4.78, 5) is 63.5. The van der Waals surface area contributed by atoms with Crippen LogP contribution in [0.2, 0.25) is 0 Å². The molecule has 1 aromatic carbocycles. The molecule has 4 atom stereocenters. The maximum Gasteiger partial charge on any atom is 0.246 e. The Balaban J connectivity index is 2.19. The molecule has 0 aromatic heterocycles. The quantitative estimate of drug-likeness (QED) is 0.212. The highest BCUT2D eigenvalue weighted by molar-refractivity contribution is 7.80. The molecule has 10 nitrogen and oxygen atoms in total. The lowest BCUT2D eigenvalue weighted by Gasteiger charge is -2.29. The molecule has 1 fully saturated rings. The highest BCUT2D eigenvalue weighted by atomic mass is 32.1. The van der Waals surface area contributed by atoms with Gasteiger partial charge < -0.3 is 26.6 Å². The van der Waals surface area contributed by atoms with Gasteiger partial charge in [-0.25, -0.2) is 0 Å². The van der Waals surface area contributed by atoms with Gasteiger partial charge in [0.15, 0.2) is 0 Å². The van der Waals surface area contributed by atoms with Crippen LogP contribution in [0.3, 0.4) is 0 Å². The topological polar surface area (TPSA) is 151 Å². The molecule has 1 aromatic rings. The third-order valence-electron chi connectivity index (χ3n) is 5.45. The van der Waals surface area contributed by atoms with Crippen molar-refractivity contribution in [2.45, 2.75) is 50.4 Å². The minimum Gasteiger partial charge on any atom is -0.368 e. The number of nitrogens with two attached hydrogens (primary N) is 1. The number of rotatable bonds is 11. The van der Waals surface area contributed by atoms with E-state index in [1.807, 2.05) is 30.3 Å². The summed E-state index contributed by atoms with van der Waals surface area (Å²) in [5, 5.41) is 7.80. The van der Waals surface area contributed by atoms with E-state index < -0.39 is 47.8 Å². The summed E-state index contributed by atoms with van der Waals surface area (Å²) >= 11 is 8.18. The second-order valence-electron chi connectivity index (χ2n) is 8.02.